The van der Waals surface area contributed by atoms with Crippen molar-refractivity contribution in [1.82, 2.24) is 15.0 Å². The quantitative estimate of drug-likeness (QED) is 0.344. The van der Waals surface area contributed by atoms with E-state index in [0.29, 0.717) is 10.9 Å². The molecule has 3 aromatic heterocycles. The van der Waals surface area contributed by atoms with Gasteiger partial charge < -0.3 is 14.5 Å². The van der Waals surface area contributed by atoms with E-state index < -0.39 is 0 Å². The van der Waals surface area contributed by atoms with Crippen molar-refractivity contribution in [3.05, 3.63) is 50.1 Å². The summed E-state index contributed by atoms with van der Waals surface area (Å²) in [6.45, 7) is 0.265. The molecule has 0 spiro atoms. The number of ether oxygens (including phenoxy) is 2. The van der Waals surface area contributed by atoms with E-state index in [1.54, 1.807) is 22.7 Å². The molecule has 2 aliphatic rings. The first kappa shape index (κ1) is 18.4. The molecule has 30 heavy (non-hydrogen) atoms. The van der Waals surface area contributed by atoms with E-state index in [9.17, 15) is 4.79 Å². The van der Waals surface area contributed by atoms with E-state index in [0.717, 1.165) is 57.2 Å². The Kier molecular flexibility index (Phi) is 4.54. The number of nitrogens with zero attached hydrogens (tertiary/aromatic N) is 2. The van der Waals surface area contributed by atoms with Crippen LogP contribution >= 0.6 is 34.4 Å². The summed E-state index contributed by atoms with van der Waals surface area (Å²) in [5.41, 5.74) is 3.18. The summed E-state index contributed by atoms with van der Waals surface area (Å²) >= 11 is 4.79. The molecule has 0 saturated carbocycles. The Morgan fingerprint density at radius 3 is 3.00 bits per heavy atom. The Morgan fingerprint density at radius 1 is 1.13 bits per heavy atom. The predicted octanol–water partition coefficient (Wildman–Crippen LogP) is 5.01. The Hall–Kier alpha value is -2.36. The van der Waals surface area contributed by atoms with Gasteiger partial charge in [0.2, 0.25) is 6.79 Å². The second-order valence-corrected chi connectivity index (χ2v) is 10.2. The van der Waals surface area contributed by atoms with Gasteiger partial charge in [-0.15, -0.1) is 22.7 Å². The predicted molar refractivity (Wildman–Crippen MR) is 120 cm³/mol. The molecule has 1 aromatic carbocycles. The molecule has 0 amide bonds. The summed E-state index contributed by atoms with van der Waals surface area (Å²) in [5.74, 6) is 2.18. The molecule has 0 saturated heterocycles. The Labute approximate surface area is 184 Å². The lowest BCUT2D eigenvalue weighted by atomic mass is 9.97. The molecular formula is C21H17N3O3S3. The molecule has 6 nitrogen and oxygen atoms in total. The van der Waals surface area contributed by atoms with Crippen LogP contribution in [0.4, 0.5) is 0 Å². The molecule has 1 N–H and O–H groups in total. The van der Waals surface area contributed by atoms with Gasteiger partial charge in [0.25, 0.3) is 5.56 Å². The largest absolute Gasteiger partial charge is 0.454 e. The lowest BCUT2D eigenvalue weighted by Crippen LogP contribution is -2.10. The van der Waals surface area contributed by atoms with Crippen LogP contribution in [0.15, 0.2) is 33.5 Å². The third-order valence-corrected chi connectivity index (χ3v) is 8.36. The number of thiophene rings is 1. The maximum atomic E-state index is 12.7. The van der Waals surface area contributed by atoms with Crippen LogP contribution < -0.4 is 15.0 Å². The highest BCUT2D eigenvalue weighted by Gasteiger charge is 2.20. The normalized spacial score (nSPS) is 14.9. The highest BCUT2D eigenvalue weighted by atomic mass is 32.2. The number of thiazole rings is 1. The van der Waals surface area contributed by atoms with Gasteiger partial charge in [-0.2, -0.15) is 0 Å². The highest BCUT2D eigenvalue weighted by Crippen LogP contribution is 2.37. The van der Waals surface area contributed by atoms with Crippen LogP contribution in [0.5, 0.6) is 11.5 Å². The van der Waals surface area contributed by atoms with Crippen LogP contribution in [0.2, 0.25) is 0 Å². The van der Waals surface area contributed by atoms with Crippen molar-refractivity contribution in [2.45, 2.75) is 36.6 Å². The minimum absolute atomic E-state index is 0.0128. The van der Waals surface area contributed by atoms with Gasteiger partial charge in [-0.3, -0.25) is 4.79 Å². The number of aromatic nitrogens is 3. The van der Waals surface area contributed by atoms with Crippen LogP contribution in [0.3, 0.4) is 0 Å². The summed E-state index contributed by atoms with van der Waals surface area (Å²) < 4.78 is 10.8. The zero-order valence-corrected chi connectivity index (χ0v) is 18.3. The Bertz CT molecular complexity index is 1320. The molecule has 4 aromatic rings. The highest BCUT2D eigenvalue weighted by molar-refractivity contribution is 7.98. The SMILES string of the molecule is O=c1[nH]c(SCc2csc(-c3ccc4c(c3)OCO4)n2)nc2sc3c(c12)CCCC3. The van der Waals surface area contributed by atoms with Gasteiger partial charge in [-0.25, -0.2) is 9.97 Å². The summed E-state index contributed by atoms with van der Waals surface area (Å²) in [7, 11) is 0. The van der Waals surface area contributed by atoms with E-state index in [2.05, 4.69) is 4.98 Å². The average Bonchev–Trinajstić information content (AvgIpc) is 3.49. The lowest BCUT2D eigenvalue weighted by Gasteiger charge is -2.09. The minimum atomic E-state index is -0.0128. The number of aromatic amines is 1. The number of H-pyrrole nitrogens is 1. The minimum Gasteiger partial charge on any atom is -0.454 e. The summed E-state index contributed by atoms with van der Waals surface area (Å²) in [6.07, 6.45) is 4.42. The molecule has 1 aliphatic heterocycles. The second-order valence-electron chi connectivity index (χ2n) is 7.26. The van der Waals surface area contributed by atoms with Crippen molar-refractivity contribution >= 4 is 44.7 Å². The van der Waals surface area contributed by atoms with E-state index >= 15 is 0 Å². The molecule has 9 heteroatoms. The summed E-state index contributed by atoms with van der Waals surface area (Å²) in [4.78, 5) is 27.3. The van der Waals surface area contributed by atoms with Crippen LogP contribution in [-0.2, 0) is 18.6 Å². The number of thioether (sulfide) groups is 1. The van der Waals surface area contributed by atoms with Crippen LogP contribution in [-0.4, -0.2) is 21.7 Å². The molecule has 0 bridgehead atoms. The van der Waals surface area contributed by atoms with Gasteiger partial charge in [0.05, 0.1) is 11.1 Å². The maximum Gasteiger partial charge on any atom is 0.260 e. The molecule has 0 fully saturated rings. The van der Waals surface area contributed by atoms with Gasteiger partial charge in [-0.05, 0) is 49.4 Å². The third-order valence-electron chi connectivity index (χ3n) is 5.33. The zero-order chi connectivity index (χ0) is 20.1. The molecule has 152 valence electrons. The van der Waals surface area contributed by atoms with Crippen LogP contribution in [0.1, 0.15) is 29.0 Å². The van der Waals surface area contributed by atoms with Crippen molar-refractivity contribution < 1.29 is 9.47 Å². The number of hydrogen-bond acceptors (Lipinski definition) is 8. The second kappa shape index (κ2) is 7.40. The molecule has 4 heterocycles. The van der Waals surface area contributed by atoms with Gasteiger partial charge in [-0.1, -0.05) is 11.8 Å². The van der Waals surface area contributed by atoms with Crippen LogP contribution in [0.25, 0.3) is 20.8 Å². The monoisotopic (exact) mass is 455 g/mol. The number of hydrogen-bond donors (Lipinski definition) is 1. The van der Waals surface area contributed by atoms with E-state index in [4.69, 9.17) is 19.4 Å². The van der Waals surface area contributed by atoms with Gasteiger partial charge >= 0.3 is 0 Å². The molecule has 0 radical (unpaired) electrons. The molecular weight excluding hydrogens is 438 g/mol. The average molecular weight is 456 g/mol. The fourth-order valence-electron chi connectivity index (χ4n) is 3.89. The Morgan fingerprint density at radius 2 is 2.03 bits per heavy atom. The number of aryl methyl sites for hydroxylation is 2. The van der Waals surface area contributed by atoms with Crippen molar-refractivity contribution in [3.8, 4) is 22.1 Å². The van der Waals surface area contributed by atoms with E-state index in [1.807, 2.05) is 23.6 Å². The number of nitrogens with one attached hydrogen (secondary N) is 1. The van der Waals surface area contributed by atoms with Crippen molar-refractivity contribution in [2.24, 2.45) is 0 Å². The van der Waals surface area contributed by atoms with Gasteiger partial charge in [0, 0.05) is 21.6 Å². The fraction of sp³-hybridized carbons (Fsp3) is 0.286. The van der Waals surface area contributed by atoms with Crippen molar-refractivity contribution in [1.29, 1.82) is 0 Å². The summed E-state index contributed by atoms with van der Waals surface area (Å²) in [5, 5.41) is 4.45. The molecule has 6 rings (SSSR count). The first-order chi connectivity index (χ1) is 14.7. The number of fused-ring (bicyclic) bond motifs is 4. The summed E-state index contributed by atoms with van der Waals surface area (Å²) in [6, 6.07) is 5.87. The topological polar surface area (TPSA) is 77.1 Å². The van der Waals surface area contributed by atoms with Gasteiger partial charge in [0.1, 0.15) is 9.84 Å². The van der Waals surface area contributed by atoms with E-state index in [-0.39, 0.29) is 12.4 Å². The van der Waals surface area contributed by atoms with Crippen molar-refractivity contribution in [3.63, 3.8) is 0 Å². The number of benzene rings is 1. The fourth-order valence-corrected chi connectivity index (χ4v) is 6.89. The first-order valence-corrected chi connectivity index (χ1v) is 12.4. The van der Waals surface area contributed by atoms with Crippen LogP contribution in [0, 0.1) is 0 Å². The molecule has 1 aliphatic carbocycles. The zero-order valence-electron chi connectivity index (χ0n) is 15.9. The van der Waals surface area contributed by atoms with Gasteiger partial charge in [0.15, 0.2) is 16.7 Å². The van der Waals surface area contributed by atoms with E-state index in [1.165, 1.54) is 28.6 Å². The smallest absolute Gasteiger partial charge is 0.260 e. The Balaban J connectivity index is 1.22. The number of rotatable bonds is 4. The lowest BCUT2D eigenvalue weighted by molar-refractivity contribution is 0.174. The molecule has 0 unspecified atom stereocenters. The third kappa shape index (κ3) is 3.21. The molecule has 0 atom stereocenters. The maximum absolute atomic E-state index is 12.7. The standard InChI is InChI=1S/C21H17N3O3S3/c25-18-17-13-3-1-2-4-16(13)30-20(17)24-21(23-18)29-9-12-8-28-19(22-12)11-5-6-14-15(7-11)27-10-26-14/h5-8H,1-4,9-10H2,(H,23,24,25). The first-order valence-electron chi connectivity index (χ1n) is 9.76. The van der Waals surface area contributed by atoms with Crippen molar-refractivity contribution in [2.75, 3.05) is 6.79 Å².